The molecule has 15 heavy (non-hydrogen) atoms. The van der Waals surface area contributed by atoms with Crippen molar-refractivity contribution in [3.8, 4) is 11.5 Å². The van der Waals surface area contributed by atoms with Crippen LogP contribution >= 0.6 is 0 Å². The summed E-state index contributed by atoms with van der Waals surface area (Å²) in [5, 5.41) is 8.70. The summed E-state index contributed by atoms with van der Waals surface area (Å²) in [6.07, 6.45) is 0. The Labute approximate surface area is 84.2 Å². The Morgan fingerprint density at radius 1 is 1.53 bits per heavy atom. The normalized spacial score (nSPS) is 15.1. The molecule has 0 aromatic heterocycles. The second-order valence-electron chi connectivity index (χ2n) is 3.01. The lowest BCUT2D eigenvalue weighted by Gasteiger charge is -2.10. The van der Waals surface area contributed by atoms with Crippen LogP contribution in [0.15, 0.2) is 12.1 Å². The number of ether oxygens (including phenoxy) is 2. The van der Waals surface area contributed by atoms with Crippen molar-refractivity contribution in [2.75, 3.05) is 6.79 Å². The zero-order valence-electron chi connectivity index (χ0n) is 7.57. The summed E-state index contributed by atoms with van der Waals surface area (Å²) in [5.41, 5.74) is 5.15. The molecule has 5 nitrogen and oxygen atoms in total. The molecule has 0 radical (unpaired) electrons. The van der Waals surface area contributed by atoms with Crippen LogP contribution in [0, 0.1) is 5.82 Å². The van der Waals surface area contributed by atoms with E-state index < -0.39 is 17.8 Å². The molecule has 0 bridgehead atoms. The van der Waals surface area contributed by atoms with Crippen LogP contribution in [0.3, 0.4) is 0 Å². The first-order valence-electron chi connectivity index (χ1n) is 4.17. The van der Waals surface area contributed by atoms with Crippen molar-refractivity contribution in [2.45, 2.75) is 6.04 Å². The predicted molar refractivity (Wildman–Crippen MR) is 47.1 cm³/mol. The second kappa shape index (κ2) is 3.39. The number of fused-ring (bicyclic) bond motifs is 1. The third-order valence-electron chi connectivity index (χ3n) is 2.10. The minimum Gasteiger partial charge on any atom is -0.480 e. The number of carbonyl (C=O) groups is 1. The number of carboxylic acid groups (broad SMARTS) is 1. The fourth-order valence-electron chi connectivity index (χ4n) is 1.38. The molecule has 0 saturated carbocycles. The predicted octanol–water partition coefficient (Wildman–Crippen LogP) is 0.639. The molecule has 0 fully saturated rings. The van der Waals surface area contributed by atoms with Crippen molar-refractivity contribution < 1.29 is 23.8 Å². The quantitative estimate of drug-likeness (QED) is 0.753. The molecular formula is C9H8FNO4. The fourth-order valence-corrected chi connectivity index (χ4v) is 1.38. The molecule has 0 amide bonds. The van der Waals surface area contributed by atoms with Gasteiger partial charge in [-0.3, -0.25) is 4.79 Å². The smallest absolute Gasteiger partial charge is 0.325 e. The molecule has 1 aliphatic rings. The van der Waals surface area contributed by atoms with E-state index in [9.17, 15) is 9.18 Å². The summed E-state index contributed by atoms with van der Waals surface area (Å²) in [4.78, 5) is 10.7. The van der Waals surface area contributed by atoms with Crippen LogP contribution in [0.5, 0.6) is 11.5 Å². The number of nitrogens with two attached hydrogens (primary N) is 1. The van der Waals surface area contributed by atoms with Gasteiger partial charge in [0.05, 0.1) is 5.56 Å². The summed E-state index contributed by atoms with van der Waals surface area (Å²) < 4.78 is 23.3. The maximum Gasteiger partial charge on any atom is 0.325 e. The number of hydrogen-bond donors (Lipinski definition) is 2. The third kappa shape index (κ3) is 1.48. The van der Waals surface area contributed by atoms with E-state index in [0.717, 1.165) is 6.07 Å². The lowest BCUT2D eigenvalue weighted by atomic mass is 10.1. The van der Waals surface area contributed by atoms with Crippen LogP contribution in [-0.2, 0) is 4.79 Å². The topological polar surface area (TPSA) is 81.8 Å². The van der Waals surface area contributed by atoms with Gasteiger partial charge in [-0.05, 0) is 12.1 Å². The average Bonchev–Trinajstić information content (AvgIpc) is 2.64. The number of hydrogen-bond acceptors (Lipinski definition) is 4. The SMILES string of the molecule is NC(C(=O)O)c1c(F)ccc2c1OCO2. The van der Waals surface area contributed by atoms with E-state index in [1.807, 2.05) is 0 Å². The van der Waals surface area contributed by atoms with Gasteiger partial charge in [-0.15, -0.1) is 0 Å². The van der Waals surface area contributed by atoms with Crippen LogP contribution < -0.4 is 15.2 Å². The van der Waals surface area contributed by atoms with Crippen LogP contribution in [0.1, 0.15) is 11.6 Å². The summed E-state index contributed by atoms with van der Waals surface area (Å²) in [7, 11) is 0. The van der Waals surface area contributed by atoms with Gasteiger partial charge < -0.3 is 20.3 Å². The number of rotatable bonds is 2. The Balaban J connectivity index is 2.54. The molecule has 6 heteroatoms. The second-order valence-corrected chi connectivity index (χ2v) is 3.01. The molecule has 1 unspecified atom stereocenters. The zero-order chi connectivity index (χ0) is 11.0. The van der Waals surface area contributed by atoms with Gasteiger partial charge >= 0.3 is 5.97 Å². The molecular weight excluding hydrogens is 205 g/mol. The van der Waals surface area contributed by atoms with Gasteiger partial charge in [-0.25, -0.2) is 4.39 Å². The van der Waals surface area contributed by atoms with Gasteiger partial charge in [0.2, 0.25) is 6.79 Å². The van der Waals surface area contributed by atoms with Gasteiger partial charge in [0.15, 0.2) is 11.5 Å². The fraction of sp³-hybridized carbons (Fsp3) is 0.222. The summed E-state index contributed by atoms with van der Waals surface area (Å²) in [6.45, 7) is -0.0574. The minimum absolute atomic E-state index is 0.0574. The van der Waals surface area contributed by atoms with Crippen molar-refractivity contribution in [1.82, 2.24) is 0 Å². The van der Waals surface area contributed by atoms with Gasteiger partial charge in [-0.2, -0.15) is 0 Å². The van der Waals surface area contributed by atoms with Crippen molar-refractivity contribution in [2.24, 2.45) is 5.73 Å². The van der Waals surface area contributed by atoms with Crippen LogP contribution in [0.2, 0.25) is 0 Å². The Morgan fingerprint density at radius 2 is 2.27 bits per heavy atom. The molecule has 80 valence electrons. The monoisotopic (exact) mass is 213 g/mol. The first-order valence-corrected chi connectivity index (χ1v) is 4.17. The Hall–Kier alpha value is -1.82. The molecule has 0 aliphatic carbocycles. The average molecular weight is 213 g/mol. The highest BCUT2D eigenvalue weighted by atomic mass is 19.1. The van der Waals surface area contributed by atoms with E-state index in [1.165, 1.54) is 6.07 Å². The summed E-state index contributed by atoms with van der Waals surface area (Å²) in [6, 6.07) is 1.02. The van der Waals surface area contributed by atoms with E-state index in [1.54, 1.807) is 0 Å². The Bertz CT molecular complexity index is 421. The van der Waals surface area contributed by atoms with Crippen molar-refractivity contribution in [1.29, 1.82) is 0 Å². The van der Waals surface area contributed by atoms with E-state index in [4.69, 9.17) is 20.3 Å². The molecule has 1 atom stereocenters. The number of benzene rings is 1. The number of aliphatic carboxylic acids is 1. The highest BCUT2D eigenvalue weighted by Crippen LogP contribution is 2.39. The van der Waals surface area contributed by atoms with E-state index in [2.05, 4.69) is 0 Å². The number of halogens is 1. The lowest BCUT2D eigenvalue weighted by molar-refractivity contribution is -0.138. The highest BCUT2D eigenvalue weighted by molar-refractivity contribution is 5.77. The molecule has 1 aromatic rings. The first-order chi connectivity index (χ1) is 7.11. The maximum atomic E-state index is 13.4. The van der Waals surface area contributed by atoms with E-state index >= 15 is 0 Å². The molecule has 0 saturated heterocycles. The summed E-state index contributed by atoms with van der Waals surface area (Å²) in [5.74, 6) is -1.65. The van der Waals surface area contributed by atoms with Gasteiger partial charge in [0.25, 0.3) is 0 Å². The van der Waals surface area contributed by atoms with Crippen molar-refractivity contribution in [3.63, 3.8) is 0 Å². The van der Waals surface area contributed by atoms with Crippen LogP contribution in [0.25, 0.3) is 0 Å². The van der Waals surface area contributed by atoms with Crippen LogP contribution in [0.4, 0.5) is 4.39 Å². The third-order valence-corrected chi connectivity index (χ3v) is 2.10. The Morgan fingerprint density at radius 3 is 2.93 bits per heavy atom. The van der Waals surface area contributed by atoms with E-state index in [0.29, 0.717) is 5.75 Å². The summed E-state index contributed by atoms with van der Waals surface area (Å²) >= 11 is 0. The largest absolute Gasteiger partial charge is 0.480 e. The molecule has 2 rings (SSSR count). The molecule has 1 heterocycles. The van der Waals surface area contributed by atoms with Crippen molar-refractivity contribution in [3.05, 3.63) is 23.5 Å². The Kier molecular flexibility index (Phi) is 2.20. The van der Waals surface area contributed by atoms with E-state index in [-0.39, 0.29) is 18.1 Å². The maximum absolute atomic E-state index is 13.4. The lowest BCUT2D eigenvalue weighted by Crippen LogP contribution is -2.22. The van der Waals surface area contributed by atoms with Crippen molar-refractivity contribution >= 4 is 5.97 Å². The minimum atomic E-state index is -1.46. The molecule has 1 aliphatic heterocycles. The molecule has 3 N–H and O–H groups in total. The zero-order valence-corrected chi connectivity index (χ0v) is 7.57. The van der Waals surface area contributed by atoms with Gasteiger partial charge in [0.1, 0.15) is 11.9 Å². The van der Waals surface area contributed by atoms with Gasteiger partial charge in [0, 0.05) is 0 Å². The standard InChI is InChI=1S/C9H8FNO4/c10-4-1-2-5-8(15-3-14-5)6(4)7(11)9(12)13/h1-2,7H,3,11H2,(H,12,13). The molecule has 0 spiro atoms. The molecule has 1 aromatic carbocycles. The van der Waals surface area contributed by atoms with Crippen LogP contribution in [-0.4, -0.2) is 17.9 Å². The number of carboxylic acids is 1. The highest BCUT2D eigenvalue weighted by Gasteiger charge is 2.28. The first kappa shape index (κ1) is 9.72. The van der Waals surface area contributed by atoms with Gasteiger partial charge in [-0.1, -0.05) is 0 Å².